The largest absolute Gasteiger partial charge is 0.298 e. The summed E-state index contributed by atoms with van der Waals surface area (Å²) in [5, 5.41) is 3.61. The van der Waals surface area contributed by atoms with Gasteiger partial charge in [0.25, 0.3) is 6.43 Å². The van der Waals surface area contributed by atoms with Gasteiger partial charge in [-0.1, -0.05) is 29.8 Å². The lowest BCUT2D eigenvalue weighted by atomic mass is 10.2. The number of halogens is 3. The number of rotatable bonds is 3. The lowest BCUT2D eigenvalue weighted by molar-refractivity contribution is 0.110. The normalized spacial score (nSPS) is 10.9. The third-order valence-corrected chi connectivity index (χ3v) is 2.92. The first kappa shape index (κ1) is 12.7. The second kappa shape index (κ2) is 4.86. The third kappa shape index (κ3) is 2.01. The van der Waals surface area contributed by atoms with E-state index < -0.39 is 12.1 Å². The van der Waals surface area contributed by atoms with Gasteiger partial charge in [-0.15, -0.1) is 0 Å². The Morgan fingerprint density at radius 1 is 1.39 bits per heavy atom. The molecule has 18 heavy (non-hydrogen) atoms. The Bertz CT molecular complexity index is 596. The zero-order chi connectivity index (χ0) is 13.3. The van der Waals surface area contributed by atoms with Crippen LogP contribution < -0.4 is 0 Å². The van der Waals surface area contributed by atoms with Gasteiger partial charge in [0.15, 0.2) is 6.29 Å². The number of aldehydes is 1. The minimum absolute atomic E-state index is 0.102. The van der Waals surface area contributed by atoms with Crippen LogP contribution in [0.25, 0.3) is 5.69 Å². The van der Waals surface area contributed by atoms with Gasteiger partial charge in [0.1, 0.15) is 10.8 Å². The van der Waals surface area contributed by atoms with Crippen molar-refractivity contribution in [1.82, 2.24) is 9.78 Å². The van der Waals surface area contributed by atoms with Gasteiger partial charge >= 0.3 is 0 Å². The fourth-order valence-corrected chi connectivity index (χ4v) is 1.93. The lowest BCUT2D eigenvalue weighted by Crippen LogP contribution is -1.99. The molecule has 2 aromatic rings. The number of carbonyl (C=O) groups excluding carboxylic acids is 1. The van der Waals surface area contributed by atoms with Crippen LogP contribution >= 0.6 is 11.6 Å². The van der Waals surface area contributed by atoms with Crippen LogP contribution in [0.2, 0.25) is 5.15 Å². The molecule has 2 rings (SSSR count). The van der Waals surface area contributed by atoms with Gasteiger partial charge in [0.05, 0.1) is 11.3 Å². The van der Waals surface area contributed by atoms with Crippen molar-refractivity contribution in [2.45, 2.75) is 13.3 Å². The van der Waals surface area contributed by atoms with E-state index in [-0.39, 0.29) is 10.7 Å². The highest BCUT2D eigenvalue weighted by Gasteiger charge is 2.23. The average Bonchev–Trinajstić information content (AvgIpc) is 2.67. The van der Waals surface area contributed by atoms with Crippen LogP contribution in [0.3, 0.4) is 0 Å². The molecule has 0 fully saturated rings. The van der Waals surface area contributed by atoms with E-state index in [0.717, 1.165) is 10.2 Å². The van der Waals surface area contributed by atoms with E-state index in [0.29, 0.717) is 12.0 Å². The molecule has 0 saturated carbocycles. The maximum Gasteiger partial charge on any atom is 0.282 e. The SMILES string of the molecule is Cc1ccccc1-n1nc(C(F)F)c(C=O)c1Cl. The summed E-state index contributed by atoms with van der Waals surface area (Å²) >= 11 is 5.92. The van der Waals surface area contributed by atoms with Crippen molar-refractivity contribution in [3.05, 3.63) is 46.2 Å². The number of benzene rings is 1. The summed E-state index contributed by atoms with van der Waals surface area (Å²) in [4.78, 5) is 10.8. The topological polar surface area (TPSA) is 34.9 Å². The second-order valence-electron chi connectivity index (χ2n) is 3.71. The second-order valence-corrected chi connectivity index (χ2v) is 4.06. The van der Waals surface area contributed by atoms with Crippen molar-refractivity contribution >= 4 is 17.9 Å². The highest BCUT2D eigenvalue weighted by molar-refractivity contribution is 6.32. The quantitative estimate of drug-likeness (QED) is 0.799. The summed E-state index contributed by atoms with van der Waals surface area (Å²) in [6.45, 7) is 1.80. The smallest absolute Gasteiger partial charge is 0.282 e. The molecule has 0 spiro atoms. The molecule has 1 aromatic carbocycles. The Kier molecular flexibility index (Phi) is 3.43. The first-order chi connectivity index (χ1) is 8.56. The zero-order valence-corrected chi connectivity index (χ0v) is 10.2. The number of hydrogen-bond acceptors (Lipinski definition) is 2. The number of hydrogen-bond donors (Lipinski definition) is 0. The Labute approximate surface area is 107 Å². The summed E-state index contributed by atoms with van der Waals surface area (Å²) in [5.74, 6) is 0. The van der Waals surface area contributed by atoms with E-state index in [1.165, 1.54) is 0 Å². The monoisotopic (exact) mass is 270 g/mol. The molecule has 0 radical (unpaired) electrons. The third-order valence-electron chi connectivity index (χ3n) is 2.56. The van der Waals surface area contributed by atoms with Gasteiger partial charge in [-0.3, -0.25) is 4.79 Å². The number of nitrogens with zero attached hydrogens (tertiary/aromatic N) is 2. The van der Waals surface area contributed by atoms with Gasteiger partial charge < -0.3 is 0 Å². The van der Waals surface area contributed by atoms with Crippen molar-refractivity contribution in [2.75, 3.05) is 0 Å². The number of aromatic nitrogens is 2. The summed E-state index contributed by atoms with van der Waals surface area (Å²) in [7, 11) is 0. The number of carbonyl (C=O) groups is 1. The van der Waals surface area contributed by atoms with Crippen molar-refractivity contribution in [3.63, 3.8) is 0 Å². The average molecular weight is 271 g/mol. The van der Waals surface area contributed by atoms with Gasteiger partial charge in [-0.25, -0.2) is 13.5 Å². The van der Waals surface area contributed by atoms with Crippen molar-refractivity contribution < 1.29 is 13.6 Å². The Morgan fingerprint density at radius 2 is 2.06 bits per heavy atom. The van der Waals surface area contributed by atoms with Crippen molar-refractivity contribution in [1.29, 1.82) is 0 Å². The summed E-state index contributed by atoms with van der Waals surface area (Å²) in [6.07, 6.45) is -2.54. The van der Waals surface area contributed by atoms with Crippen LogP contribution in [0.4, 0.5) is 8.78 Å². The van der Waals surface area contributed by atoms with E-state index in [1.54, 1.807) is 25.1 Å². The summed E-state index contributed by atoms with van der Waals surface area (Å²) in [5.41, 5.74) is 0.519. The van der Waals surface area contributed by atoms with Crippen molar-refractivity contribution in [3.8, 4) is 5.69 Å². The van der Waals surface area contributed by atoms with Crippen LogP contribution in [0.1, 0.15) is 28.0 Å². The summed E-state index contributed by atoms with van der Waals surface area (Å²) < 4.78 is 26.6. The first-order valence-electron chi connectivity index (χ1n) is 5.14. The molecule has 0 aliphatic rings. The van der Waals surface area contributed by atoms with E-state index >= 15 is 0 Å². The number of para-hydroxylation sites is 1. The molecular formula is C12H9ClF2N2O. The fourth-order valence-electron chi connectivity index (χ4n) is 1.66. The molecular weight excluding hydrogens is 262 g/mol. The summed E-state index contributed by atoms with van der Waals surface area (Å²) in [6, 6.07) is 7.04. The first-order valence-corrected chi connectivity index (χ1v) is 5.51. The van der Waals surface area contributed by atoms with E-state index in [1.807, 2.05) is 6.07 Å². The maximum absolute atomic E-state index is 12.7. The van der Waals surface area contributed by atoms with E-state index in [9.17, 15) is 13.6 Å². The van der Waals surface area contributed by atoms with Crippen LogP contribution in [-0.2, 0) is 0 Å². The minimum Gasteiger partial charge on any atom is -0.298 e. The zero-order valence-electron chi connectivity index (χ0n) is 9.40. The molecule has 0 atom stereocenters. The maximum atomic E-state index is 12.7. The molecule has 0 aliphatic heterocycles. The molecule has 0 saturated heterocycles. The molecule has 0 bridgehead atoms. The Morgan fingerprint density at radius 3 is 2.56 bits per heavy atom. The molecule has 94 valence electrons. The van der Waals surface area contributed by atoms with Crippen LogP contribution in [-0.4, -0.2) is 16.1 Å². The standard InChI is InChI=1S/C12H9ClF2N2O/c1-7-4-2-3-5-9(7)17-11(13)8(6-18)10(16-17)12(14)15/h2-6,12H,1H3. The van der Waals surface area contributed by atoms with Crippen molar-refractivity contribution in [2.24, 2.45) is 0 Å². The van der Waals surface area contributed by atoms with Gasteiger partial charge in [0.2, 0.25) is 0 Å². The molecule has 0 unspecified atom stereocenters. The van der Waals surface area contributed by atoms with Gasteiger partial charge in [-0.2, -0.15) is 5.10 Å². The lowest BCUT2D eigenvalue weighted by Gasteiger charge is -2.06. The Hall–Kier alpha value is -1.75. The highest BCUT2D eigenvalue weighted by Crippen LogP contribution is 2.29. The Balaban J connectivity index is 2.67. The van der Waals surface area contributed by atoms with Crippen LogP contribution in [0.5, 0.6) is 0 Å². The molecule has 3 nitrogen and oxygen atoms in total. The highest BCUT2D eigenvalue weighted by atomic mass is 35.5. The van der Waals surface area contributed by atoms with Crippen LogP contribution in [0.15, 0.2) is 24.3 Å². The van der Waals surface area contributed by atoms with E-state index in [2.05, 4.69) is 5.10 Å². The molecule has 1 heterocycles. The van der Waals surface area contributed by atoms with Crippen LogP contribution in [0, 0.1) is 6.92 Å². The van der Waals surface area contributed by atoms with E-state index in [4.69, 9.17) is 11.6 Å². The molecule has 1 aromatic heterocycles. The molecule has 6 heteroatoms. The predicted molar refractivity (Wildman–Crippen MR) is 63.7 cm³/mol. The molecule has 0 amide bonds. The fraction of sp³-hybridized carbons (Fsp3) is 0.167. The number of alkyl halides is 2. The van der Waals surface area contributed by atoms with Gasteiger partial charge in [0, 0.05) is 0 Å². The molecule has 0 aliphatic carbocycles. The van der Waals surface area contributed by atoms with Gasteiger partial charge in [-0.05, 0) is 18.6 Å². The minimum atomic E-state index is -2.84. The molecule has 0 N–H and O–H groups in total. The number of aryl methyl sites for hydroxylation is 1. The predicted octanol–water partition coefficient (Wildman–Crippen LogP) is 3.58.